The molecule has 1 aromatic heterocycles. The van der Waals surface area contributed by atoms with E-state index in [1.165, 1.54) is 17.8 Å². The van der Waals surface area contributed by atoms with Crippen LogP contribution in [0.5, 0.6) is 5.88 Å². The fraction of sp³-hybridized carbons (Fsp3) is 0.588. The molecule has 134 valence electrons. The minimum atomic E-state index is -0.558. The Morgan fingerprint density at radius 2 is 2.08 bits per heavy atom. The van der Waals surface area contributed by atoms with Gasteiger partial charge >= 0.3 is 5.97 Å². The zero-order valence-electron chi connectivity index (χ0n) is 15.3. The second kappa shape index (κ2) is 8.52. The minimum Gasteiger partial charge on any atom is -0.477 e. The summed E-state index contributed by atoms with van der Waals surface area (Å²) in [5.41, 5.74) is -0.281. The van der Waals surface area contributed by atoms with Crippen LogP contribution in [0.1, 0.15) is 51.9 Å². The number of hydrogen-bond donors (Lipinski definition) is 1. The van der Waals surface area contributed by atoms with Gasteiger partial charge in [-0.1, -0.05) is 13.8 Å². The van der Waals surface area contributed by atoms with Gasteiger partial charge < -0.3 is 14.8 Å². The number of nitrogens with zero attached hydrogens (tertiary/aromatic N) is 2. The van der Waals surface area contributed by atoms with Gasteiger partial charge in [-0.3, -0.25) is 4.79 Å². The first-order chi connectivity index (χ1) is 11.2. The molecule has 1 heterocycles. The molecule has 0 saturated carbocycles. The summed E-state index contributed by atoms with van der Waals surface area (Å²) in [4.78, 5) is 23.3. The van der Waals surface area contributed by atoms with E-state index >= 15 is 0 Å². The van der Waals surface area contributed by atoms with Gasteiger partial charge in [0.15, 0.2) is 0 Å². The maximum atomic E-state index is 12.0. The molecule has 0 spiro atoms. The maximum absolute atomic E-state index is 12.0. The van der Waals surface area contributed by atoms with Gasteiger partial charge in [0.1, 0.15) is 5.56 Å². The first-order valence-corrected chi connectivity index (χ1v) is 8.01. The molecule has 0 saturated heterocycles. The number of esters is 1. The van der Waals surface area contributed by atoms with Crippen molar-refractivity contribution in [1.29, 1.82) is 0 Å². The lowest BCUT2D eigenvalue weighted by atomic mass is 10.1. The summed E-state index contributed by atoms with van der Waals surface area (Å²) >= 11 is 0. The van der Waals surface area contributed by atoms with Crippen molar-refractivity contribution >= 4 is 18.1 Å². The number of hydrogen-bond acceptors (Lipinski definition) is 5. The maximum Gasteiger partial charge on any atom is 0.345 e. The van der Waals surface area contributed by atoms with Gasteiger partial charge in [0.05, 0.1) is 24.9 Å². The molecule has 1 aromatic rings. The van der Waals surface area contributed by atoms with Crippen LogP contribution in [0, 0.1) is 5.92 Å². The van der Waals surface area contributed by atoms with E-state index < -0.39 is 11.5 Å². The van der Waals surface area contributed by atoms with Crippen LogP contribution in [0.4, 0.5) is 0 Å². The van der Waals surface area contributed by atoms with Gasteiger partial charge in [-0.15, -0.1) is 0 Å². The van der Waals surface area contributed by atoms with Crippen molar-refractivity contribution < 1.29 is 19.1 Å². The van der Waals surface area contributed by atoms with Gasteiger partial charge in [-0.2, -0.15) is 5.10 Å². The van der Waals surface area contributed by atoms with Crippen LogP contribution in [-0.2, 0) is 9.53 Å². The second-order valence-corrected chi connectivity index (χ2v) is 6.45. The Hall–Kier alpha value is -2.31. The molecule has 0 aliphatic carbocycles. The molecule has 0 aromatic carbocycles. The lowest BCUT2D eigenvalue weighted by molar-refractivity contribution is -0.120. The third-order valence-electron chi connectivity index (χ3n) is 2.93. The van der Waals surface area contributed by atoms with Gasteiger partial charge in [-0.25, -0.2) is 9.48 Å². The number of carbonyl (C=O) groups excluding carboxylic acids is 2. The van der Waals surface area contributed by atoms with E-state index in [0.29, 0.717) is 18.4 Å². The fourth-order valence-corrected chi connectivity index (χ4v) is 1.95. The van der Waals surface area contributed by atoms with Crippen molar-refractivity contribution in [1.82, 2.24) is 15.1 Å². The normalized spacial score (nSPS) is 11.8. The summed E-state index contributed by atoms with van der Waals surface area (Å²) in [7, 11) is 0. The first-order valence-electron chi connectivity index (χ1n) is 8.01. The van der Waals surface area contributed by atoms with Crippen molar-refractivity contribution in [2.24, 2.45) is 5.92 Å². The number of amides is 1. The highest BCUT2D eigenvalue weighted by Crippen LogP contribution is 2.21. The van der Waals surface area contributed by atoms with Crippen LogP contribution in [0.25, 0.3) is 6.20 Å². The van der Waals surface area contributed by atoms with Crippen molar-refractivity contribution in [2.75, 3.05) is 13.2 Å². The summed E-state index contributed by atoms with van der Waals surface area (Å²) < 4.78 is 12.2. The Balaban J connectivity index is 3.08. The SMILES string of the molecule is CCOC(=O)c1cnn(/C=C/C(C)(C)NC(C)=O)c1OCC(C)C. The van der Waals surface area contributed by atoms with Crippen LogP contribution >= 0.6 is 0 Å². The summed E-state index contributed by atoms with van der Waals surface area (Å²) in [6, 6.07) is 0. The fourth-order valence-electron chi connectivity index (χ4n) is 1.95. The van der Waals surface area contributed by atoms with Gasteiger partial charge in [0.2, 0.25) is 11.8 Å². The molecule has 0 unspecified atom stereocenters. The third-order valence-corrected chi connectivity index (χ3v) is 2.93. The van der Waals surface area contributed by atoms with E-state index in [-0.39, 0.29) is 18.1 Å². The smallest absolute Gasteiger partial charge is 0.345 e. The lowest BCUT2D eigenvalue weighted by Gasteiger charge is -2.21. The van der Waals surface area contributed by atoms with Crippen LogP contribution in [0.15, 0.2) is 12.3 Å². The molecule has 0 radical (unpaired) electrons. The van der Waals surface area contributed by atoms with Gasteiger partial charge in [0, 0.05) is 13.1 Å². The molecular formula is C17H27N3O4. The summed E-state index contributed by atoms with van der Waals surface area (Å²) in [6.07, 6.45) is 4.86. The first kappa shape index (κ1) is 19.7. The lowest BCUT2D eigenvalue weighted by Crippen LogP contribution is -2.40. The molecule has 1 amide bonds. The van der Waals surface area contributed by atoms with Crippen molar-refractivity contribution in [3.05, 3.63) is 17.8 Å². The zero-order chi connectivity index (χ0) is 18.3. The molecule has 7 heteroatoms. The quantitative estimate of drug-likeness (QED) is 0.737. The highest BCUT2D eigenvalue weighted by molar-refractivity contribution is 5.92. The largest absolute Gasteiger partial charge is 0.477 e. The summed E-state index contributed by atoms with van der Waals surface area (Å²) in [5, 5.41) is 6.98. The van der Waals surface area contributed by atoms with E-state index in [1.807, 2.05) is 27.7 Å². The molecule has 0 bridgehead atoms. The molecule has 0 fully saturated rings. The van der Waals surface area contributed by atoms with Crippen LogP contribution in [0.3, 0.4) is 0 Å². The summed E-state index contributed by atoms with van der Waals surface area (Å²) in [6.45, 7) is 11.7. The molecular weight excluding hydrogens is 310 g/mol. The summed E-state index contributed by atoms with van der Waals surface area (Å²) in [5.74, 6) is 0.0193. The predicted octanol–water partition coefficient (Wildman–Crippen LogP) is 2.48. The van der Waals surface area contributed by atoms with Crippen molar-refractivity contribution in [3.63, 3.8) is 0 Å². The molecule has 0 aliphatic rings. The highest BCUT2D eigenvalue weighted by Gasteiger charge is 2.21. The van der Waals surface area contributed by atoms with E-state index in [4.69, 9.17) is 9.47 Å². The molecule has 1 rings (SSSR count). The van der Waals surface area contributed by atoms with Gasteiger partial charge in [0.25, 0.3) is 0 Å². The average Bonchev–Trinajstić information content (AvgIpc) is 2.85. The van der Waals surface area contributed by atoms with Crippen LogP contribution in [-0.4, -0.2) is 40.4 Å². The topological polar surface area (TPSA) is 82.5 Å². The van der Waals surface area contributed by atoms with Crippen LogP contribution < -0.4 is 10.1 Å². The molecule has 24 heavy (non-hydrogen) atoms. The van der Waals surface area contributed by atoms with E-state index in [2.05, 4.69) is 10.4 Å². The Labute approximate surface area is 143 Å². The van der Waals surface area contributed by atoms with Gasteiger partial charge in [-0.05, 0) is 32.8 Å². The minimum absolute atomic E-state index is 0.131. The number of carbonyl (C=O) groups is 2. The Morgan fingerprint density at radius 3 is 2.62 bits per heavy atom. The number of aromatic nitrogens is 2. The van der Waals surface area contributed by atoms with Crippen molar-refractivity contribution in [3.8, 4) is 5.88 Å². The van der Waals surface area contributed by atoms with Crippen LogP contribution in [0.2, 0.25) is 0 Å². The monoisotopic (exact) mass is 337 g/mol. The van der Waals surface area contributed by atoms with Crippen molar-refractivity contribution in [2.45, 2.75) is 47.1 Å². The molecule has 0 atom stereocenters. The Kier molecular flexibility index (Phi) is 7.00. The predicted molar refractivity (Wildman–Crippen MR) is 91.7 cm³/mol. The van der Waals surface area contributed by atoms with E-state index in [9.17, 15) is 9.59 Å². The Morgan fingerprint density at radius 1 is 1.42 bits per heavy atom. The highest BCUT2D eigenvalue weighted by atomic mass is 16.5. The number of ether oxygens (including phenoxy) is 2. The standard InChI is InChI=1S/C17H27N3O4/c1-7-23-16(22)14-10-18-20(15(14)24-11-12(2)3)9-8-17(5,6)19-13(4)21/h8-10,12H,7,11H2,1-6H3,(H,19,21)/b9-8+. The Bertz CT molecular complexity index is 603. The third kappa shape index (κ3) is 6.06. The second-order valence-electron chi connectivity index (χ2n) is 6.45. The molecule has 7 nitrogen and oxygen atoms in total. The molecule has 1 N–H and O–H groups in total. The van der Waals surface area contributed by atoms with E-state index in [0.717, 1.165) is 0 Å². The molecule has 0 aliphatic heterocycles. The number of rotatable bonds is 8. The zero-order valence-corrected chi connectivity index (χ0v) is 15.3. The average molecular weight is 337 g/mol. The number of nitrogens with one attached hydrogen (secondary N) is 1. The van der Waals surface area contributed by atoms with E-state index in [1.54, 1.807) is 19.2 Å².